The van der Waals surface area contributed by atoms with Crippen LogP contribution in [-0.4, -0.2) is 40.4 Å². The maximum Gasteiger partial charge on any atom is 0.306 e. The molecule has 1 aliphatic heterocycles. The van der Waals surface area contributed by atoms with Gasteiger partial charge in [0.1, 0.15) is 19.0 Å². The highest BCUT2D eigenvalue weighted by atomic mass is 16.6. The fraction of sp³-hybridized carbons (Fsp3) is 0.314. The first-order valence-electron chi connectivity index (χ1n) is 14.6. The Morgan fingerprint density at radius 1 is 1.00 bits per heavy atom. The van der Waals surface area contributed by atoms with Crippen LogP contribution in [0.3, 0.4) is 0 Å². The number of aromatic amines is 1. The van der Waals surface area contributed by atoms with Crippen molar-refractivity contribution in [1.82, 2.24) is 9.55 Å². The molecule has 1 unspecified atom stereocenters. The molecular weight excluding hydrogens is 544 g/mol. The van der Waals surface area contributed by atoms with Crippen LogP contribution in [0.15, 0.2) is 71.5 Å². The number of benzene rings is 3. The molecule has 0 radical (unpaired) electrons. The first kappa shape index (κ1) is 28.4. The molecule has 8 heteroatoms. The van der Waals surface area contributed by atoms with Gasteiger partial charge in [-0.25, -0.2) is 0 Å². The quantitative estimate of drug-likeness (QED) is 0.222. The zero-order valence-corrected chi connectivity index (χ0v) is 24.9. The number of carbonyl (C=O) groups excluding carboxylic acids is 1. The summed E-state index contributed by atoms with van der Waals surface area (Å²) in [5, 5.41) is 13.3. The van der Waals surface area contributed by atoms with Crippen LogP contribution < -0.4 is 15.0 Å². The molecule has 222 valence electrons. The van der Waals surface area contributed by atoms with E-state index in [-0.39, 0.29) is 34.9 Å². The first-order valence-corrected chi connectivity index (χ1v) is 14.6. The molecule has 0 amide bonds. The number of aryl methyl sites for hydroxylation is 1. The van der Waals surface area contributed by atoms with Gasteiger partial charge in [-0.3, -0.25) is 9.59 Å². The van der Waals surface area contributed by atoms with E-state index >= 15 is 0 Å². The van der Waals surface area contributed by atoms with Crippen LogP contribution in [0, 0.1) is 5.41 Å². The van der Waals surface area contributed by atoms with Crippen molar-refractivity contribution in [2.45, 2.75) is 39.5 Å². The molecule has 43 heavy (non-hydrogen) atoms. The molecule has 2 aromatic heterocycles. The van der Waals surface area contributed by atoms with E-state index in [9.17, 15) is 14.7 Å². The largest absolute Gasteiger partial charge is 0.507 e. The average Bonchev–Trinajstić information content (AvgIpc) is 3.35. The van der Waals surface area contributed by atoms with E-state index in [1.807, 2.05) is 87.5 Å². The summed E-state index contributed by atoms with van der Waals surface area (Å²) in [5.74, 6) is 0.0373. The minimum Gasteiger partial charge on any atom is -0.507 e. The smallest absolute Gasteiger partial charge is 0.306 e. The average molecular weight is 581 g/mol. The normalized spacial score (nSPS) is 13.8. The molecular formula is C35H36N2O6. The number of aromatic nitrogens is 2. The van der Waals surface area contributed by atoms with Crippen molar-refractivity contribution in [3.05, 3.63) is 99.5 Å². The number of hydrogen-bond acceptors (Lipinski definition) is 6. The van der Waals surface area contributed by atoms with Gasteiger partial charge in [0, 0.05) is 41.0 Å². The Kier molecular flexibility index (Phi) is 7.38. The fourth-order valence-electron chi connectivity index (χ4n) is 6.03. The van der Waals surface area contributed by atoms with Gasteiger partial charge >= 0.3 is 5.97 Å². The van der Waals surface area contributed by atoms with E-state index in [1.54, 1.807) is 11.6 Å². The van der Waals surface area contributed by atoms with E-state index in [0.29, 0.717) is 54.0 Å². The second-order valence-electron chi connectivity index (χ2n) is 12.2. The summed E-state index contributed by atoms with van der Waals surface area (Å²) in [5.41, 5.74) is 3.53. The van der Waals surface area contributed by atoms with Crippen LogP contribution in [0.4, 0.5) is 0 Å². The molecule has 0 saturated carbocycles. The Bertz CT molecular complexity index is 1900. The highest BCUT2D eigenvalue weighted by Crippen LogP contribution is 2.47. The number of carbonyl (C=O) groups is 1. The second kappa shape index (κ2) is 11.2. The Balaban J connectivity index is 1.57. The molecule has 0 fully saturated rings. The summed E-state index contributed by atoms with van der Waals surface area (Å²) in [4.78, 5) is 30.3. The van der Waals surface area contributed by atoms with E-state index in [4.69, 9.17) is 14.2 Å². The van der Waals surface area contributed by atoms with E-state index < -0.39 is 5.92 Å². The van der Waals surface area contributed by atoms with E-state index in [0.717, 1.165) is 22.2 Å². The van der Waals surface area contributed by atoms with Crippen molar-refractivity contribution in [2.24, 2.45) is 12.5 Å². The minimum absolute atomic E-state index is 0.0840. The Hall–Kier alpha value is -4.72. The third-order valence-electron chi connectivity index (χ3n) is 7.93. The van der Waals surface area contributed by atoms with Gasteiger partial charge in [-0.2, -0.15) is 0 Å². The zero-order chi connectivity index (χ0) is 30.3. The Labute approximate surface area is 249 Å². The maximum absolute atomic E-state index is 14.2. The maximum atomic E-state index is 14.2. The van der Waals surface area contributed by atoms with Crippen molar-refractivity contribution in [3.8, 4) is 17.2 Å². The van der Waals surface area contributed by atoms with Gasteiger partial charge in [0.15, 0.2) is 11.5 Å². The monoisotopic (exact) mass is 580 g/mol. The molecule has 2 N–H and O–H groups in total. The number of pyridine rings is 1. The van der Waals surface area contributed by atoms with Crippen LogP contribution in [0.5, 0.6) is 17.2 Å². The molecule has 1 aliphatic rings. The summed E-state index contributed by atoms with van der Waals surface area (Å²) in [6.45, 7) is 6.95. The van der Waals surface area contributed by atoms with Crippen molar-refractivity contribution in [1.29, 1.82) is 0 Å². The molecule has 0 saturated heterocycles. The first-order chi connectivity index (χ1) is 20.6. The van der Waals surface area contributed by atoms with Crippen LogP contribution in [-0.2, 0) is 23.0 Å². The molecule has 1 atom stereocenters. The van der Waals surface area contributed by atoms with Crippen molar-refractivity contribution in [3.63, 3.8) is 0 Å². The van der Waals surface area contributed by atoms with Gasteiger partial charge in [-0.1, -0.05) is 63.2 Å². The van der Waals surface area contributed by atoms with Crippen LogP contribution >= 0.6 is 0 Å². The predicted molar refractivity (Wildman–Crippen MR) is 166 cm³/mol. The van der Waals surface area contributed by atoms with Gasteiger partial charge < -0.3 is 28.9 Å². The third-order valence-corrected chi connectivity index (χ3v) is 7.93. The lowest BCUT2D eigenvalue weighted by atomic mass is 9.84. The number of H-pyrrole nitrogens is 1. The highest BCUT2D eigenvalue weighted by Gasteiger charge is 2.34. The van der Waals surface area contributed by atoms with Gasteiger partial charge in [0.25, 0.3) is 5.56 Å². The number of ether oxygens (including phenoxy) is 3. The Morgan fingerprint density at radius 2 is 1.72 bits per heavy atom. The summed E-state index contributed by atoms with van der Waals surface area (Å²) in [7, 11) is 1.71. The minimum atomic E-state index is -0.743. The van der Waals surface area contributed by atoms with Gasteiger partial charge in [-0.05, 0) is 35.2 Å². The number of rotatable bonds is 7. The van der Waals surface area contributed by atoms with Crippen molar-refractivity contribution >= 4 is 27.8 Å². The summed E-state index contributed by atoms with van der Waals surface area (Å²) in [6, 6.07) is 20.8. The van der Waals surface area contributed by atoms with Gasteiger partial charge in [0.05, 0.1) is 30.0 Å². The summed E-state index contributed by atoms with van der Waals surface area (Å²) in [6.07, 6.45) is 0.720. The van der Waals surface area contributed by atoms with Crippen LogP contribution in [0.1, 0.15) is 55.5 Å². The van der Waals surface area contributed by atoms with Crippen LogP contribution in [0.25, 0.3) is 21.8 Å². The number of para-hydroxylation sites is 3. The fourth-order valence-corrected chi connectivity index (χ4v) is 6.03. The molecule has 3 heterocycles. The summed E-state index contributed by atoms with van der Waals surface area (Å²) < 4.78 is 19.3. The molecule has 0 spiro atoms. The zero-order valence-electron chi connectivity index (χ0n) is 24.9. The lowest BCUT2D eigenvalue weighted by Crippen LogP contribution is -2.26. The van der Waals surface area contributed by atoms with Crippen molar-refractivity contribution < 1.29 is 24.1 Å². The molecule has 8 nitrogen and oxygen atoms in total. The predicted octanol–water partition coefficient (Wildman–Crippen LogP) is 6.20. The number of nitrogens with one attached hydrogen (secondary N) is 1. The van der Waals surface area contributed by atoms with Crippen LogP contribution in [0.2, 0.25) is 0 Å². The third kappa shape index (κ3) is 5.33. The lowest BCUT2D eigenvalue weighted by molar-refractivity contribution is -0.145. The van der Waals surface area contributed by atoms with E-state index in [1.165, 1.54) is 0 Å². The molecule has 0 bridgehead atoms. The number of nitrogens with zero attached hydrogens (tertiary/aromatic N) is 1. The summed E-state index contributed by atoms with van der Waals surface area (Å²) >= 11 is 0. The van der Waals surface area contributed by atoms with Gasteiger partial charge in [0.2, 0.25) is 0 Å². The van der Waals surface area contributed by atoms with Crippen molar-refractivity contribution in [2.75, 3.05) is 19.8 Å². The van der Waals surface area contributed by atoms with Gasteiger partial charge in [-0.15, -0.1) is 0 Å². The second-order valence-corrected chi connectivity index (χ2v) is 12.2. The molecule has 6 rings (SSSR count). The molecule has 3 aromatic carbocycles. The SMILES string of the molecule is Cn1c(=O)c(C(c2cccc3c2OCCO3)c2[nH]c3ccccc3c2CCOC(=O)CC(C)(C)C)c(O)c2ccccc21. The Morgan fingerprint density at radius 3 is 2.51 bits per heavy atom. The highest BCUT2D eigenvalue weighted by molar-refractivity contribution is 5.89. The topological polar surface area (TPSA) is 103 Å². The molecule has 5 aromatic rings. The number of esters is 1. The standard InChI is InChI=1S/C35H36N2O6/c1-35(2,3)20-28(38)42-17-16-22-21-10-5-7-13-25(21)36-31(22)29(24-12-9-15-27-33(24)43-19-18-41-27)30-32(39)23-11-6-8-14-26(23)37(4)34(30)40/h5-15,29,36,39H,16-20H2,1-4H3. The lowest BCUT2D eigenvalue weighted by Gasteiger charge is -2.27. The number of aromatic hydroxyl groups is 1. The number of hydrogen-bond donors (Lipinski definition) is 2. The number of fused-ring (bicyclic) bond motifs is 3. The molecule has 0 aliphatic carbocycles. The van der Waals surface area contributed by atoms with E-state index in [2.05, 4.69) is 4.98 Å².